The number of fused-ring (bicyclic) bond motifs is 1. The summed E-state index contributed by atoms with van der Waals surface area (Å²) in [4.78, 5) is 43.3. The van der Waals surface area contributed by atoms with Crippen LogP contribution >= 0.6 is 35.6 Å². The van der Waals surface area contributed by atoms with E-state index in [-0.39, 0.29) is 24.3 Å². The van der Waals surface area contributed by atoms with Gasteiger partial charge in [0.15, 0.2) is 0 Å². The Morgan fingerprint density at radius 2 is 1.78 bits per heavy atom. The van der Waals surface area contributed by atoms with E-state index in [0.29, 0.717) is 49.2 Å². The number of carbonyl (C=O) groups is 3. The van der Waals surface area contributed by atoms with Crippen molar-refractivity contribution < 1.29 is 14.4 Å². The molecule has 1 fully saturated rings. The number of amides is 3. The third-order valence-electron chi connectivity index (χ3n) is 6.41. The molecule has 1 saturated heterocycles. The monoisotopic (exact) mass is 541 g/mol. The average Bonchev–Trinajstić information content (AvgIpc) is 3.30. The summed E-state index contributed by atoms with van der Waals surface area (Å²) in [5, 5.41) is 3.35. The Kier molecular flexibility index (Phi) is 8.49. The van der Waals surface area contributed by atoms with E-state index in [4.69, 9.17) is 23.8 Å². The zero-order valence-corrected chi connectivity index (χ0v) is 22.6. The van der Waals surface area contributed by atoms with Crippen LogP contribution in [0.2, 0.25) is 5.02 Å². The highest BCUT2D eigenvalue weighted by Gasteiger charge is 2.42. The fourth-order valence-electron chi connectivity index (χ4n) is 4.42. The predicted octanol–water partition coefficient (Wildman–Crippen LogP) is 6.11. The molecule has 2 aliphatic heterocycles. The first-order valence-corrected chi connectivity index (χ1v) is 13.7. The number of halogens is 1. The van der Waals surface area contributed by atoms with Crippen molar-refractivity contribution in [3.8, 4) is 0 Å². The van der Waals surface area contributed by atoms with Gasteiger partial charge in [0.1, 0.15) is 10.9 Å². The van der Waals surface area contributed by atoms with Crippen LogP contribution in [0.15, 0.2) is 53.4 Å². The number of para-hydroxylation sites is 1. The Morgan fingerprint density at radius 3 is 2.47 bits per heavy atom. The number of rotatable bonds is 9. The fraction of sp³-hybridized carbons (Fsp3) is 0.333. The quantitative estimate of drug-likeness (QED) is 0.306. The van der Waals surface area contributed by atoms with E-state index in [1.807, 2.05) is 18.2 Å². The van der Waals surface area contributed by atoms with Crippen molar-refractivity contribution in [1.29, 1.82) is 0 Å². The van der Waals surface area contributed by atoms with Gasteiger partial charge in [-0.2, -0.15) is 0 Å². The van der Waals surface area contributed by atoms with Gasteiger partial charge >= 0.3 is 0 Å². The lowest BCUT2D eigenvalue weighted by atomic mass is 9.98. The topological polar surface area (TPSA) is 69.7 Å². The van der Waals surface area contributed by atoms with Crippen LogP contribution in [0.25, 0.3) is 5.57 Å². The minimum absolute atomic E-state index is 0.183. The Bertz CT molecular complexity index is 1230. The second-order valence-electron chi connectivity index (χ2n) is 8.87. The Hall–Kier alpha value is -2.68. The van der Waals surface area contributed by atoms with Crippen LogP contribution in [0.4, 0.5) is 11.4 Å². The van der Waals surface area contributed by atoms with E-state index in [0.717, 1.165) is 25.7 Å². The molecule has 0 saturated carbocycles. The highest BCUT2D eigenvalue weighted by Crippen LogP contribution is 2.44. The molecule has 3 amide bonds. The Morgan fingerprint density at radius 1 is 1.06 bits per heavy atom. The molecule has 1 unspecified atom stereocenters. The van der Waals surface area contributed by atoms with Crippen molar-refractivity contribution in [3.05, 3.63) is 64.0 Å². The van der Waals surface area contributed by atoms with E-state index in [2.05, 4.69) is 19.2 Å². The molecule has 4 rings (SSSR count). The van der Waals surface area contributed by atoms with Crippen LogP contribution in [0.5, 0.6) is 0 Å². The van der Waals surface area contributed by atoms with Gasteiger partial charge in [-0.25, -0.2) is 0 Å². The third-order valence-corrected chi connectivity index (χ3v) is 8.11. The van der Waals surface area contributed by atoms with Crippen molar-refractivity contribution >= 4 is 74.6 Å². The molecule has 0 aromatic heterocycles. The molecule has 9 heteroatoms. The van der Waals surface area contributed by atoms with Gasteiger partial charge < -0.3 is 5.32 Å². The number of thioether (sulfide) groups is 1. The molecule has 0 spiro atoms. The van der Waals surface area contributed by atoms with Crippen molar-refractivity contribution in [2.45, 2.75) is 39.5 Å². The van der Waals surface area contributed by atoms with Crippen molar-refractivity contribution in [3.63, 3.8) is 0 Å². The number of anilines is 2. The SMILES string of the molecule is CCCCC(CC)CN1C(=O)/C(=C2/C(=O)N(CC(=O)Nc3ccc(Cl)cc3)c3ccccc32)SC1=S. The molecule has 1 N–H and O–H groups in total. The molecule has 2 aliphatic rings. The van der Waals surface area contributed by atoms with Gasteiger partial charge in [-0.15, -0.1) is 0 Å². The first-order chi connectivity index (χ1) is 17.3. The molecule has 1 atom stereocenters. The summed E-state index contributed by atoms with van der Waals surface area (Å²) in [6.45, 7) is 4.65. The Labute approximate surface area is 226 Å². The molecule has 2 aromatic carbocycles. The lowest BCUT2D eigenvalue weighted by Crippen LogP contribution is -2.36. The van der Waals surface area contributed by atoms with Crippen molar-refractivity contribution in [2.24, 2.45) is 5.92 Å². The molecule has 36 heavy (non-hydrogen) atoms. The summed E-state index contributed by atoms with van der Waals surface area (Å²) in [6, 6.07) is 14.0. The first-order valence-electron chi connectivity index (χ1n) is 12.1. The molecule has 2 aromatic rings. The second kappa shape index (κ2) is 11.6. The van der Waals surface area contributed by atoms with Gasteiger partial charge in [0.2, 0.25) is 5.91 Å². The summed E-state index contributed by atoms with van der Waals surface area (Å²) >= 11 is 12.7. The molecular weight excluding hydrogens is 514 g/mol. The molecular formula is C27H28ClN3O3S2. The smallest absolute Gasteiger partial charge is 0.267 e. The molecule has 0 radical (unpaired) electrons. The van der Waals surface area contributed by atoms with Crippen molar-refractivity contribution in [2.75, 3.05) is 23.3 Å². The number of nitrogens with zero attached hydrogens (tertiary/aromatic N) is 2. The van der Waals surface area contributed by atoms with E-state index in [9.17, 15) is 14.4 Å². The Balaban J connectivity index is 1.58. The highest BCUT2D eigenvalue weighted by molar-refractivity contribution is 8.26. The number of nitrogens with one attached hydrogen (secondary N) is 1. The molecule has 6 nitrogen and oxygen atoms in total. The summed E-state index contributed by atoms with van der Waals surface area (Å²) in [7, 11) is 0. The first kappa shape index (κ1) is 26.4. The van der Waals surface area contributed by atoms with E-state index in [1.54, 1.807) is 35.2 Å². The van der Waals surface area contributed by atoms with Gasteiger partial charge in [-0.3, -0.25) is 24.2 Å². The predicted molar refractivity (Wildman–Crippen MR) is 151 cm³/mol. The summed E-state index contributed by atoms with van der Waals surface area (Å²) < 4.78 is 0.474. The maximum Gasteiger partial charge on any atom is 0.267 e. The number of carbonyl (C=O) groups excluding carboxylic acids is 3. The van der Waals surface area contributed by atoms with Crippen LogP contribution in [-0.4, -0.2) is 40.0 Å². The molecule has 0 bridgehead atoms. The van der Waals surface area contributed by atoms with Gasteiger partial charge in [0.05, 0.1) is 16.2 Å². The maximum atomic E-state index is 13.6. The standard InChI is InChI=1S/C27H28ClN3O3S2/c1-3-5-8-17(4-2)15-31-26(34)24(36-27(31)35)23-20-9-6-7-10-21(20)30(25(23)33)16-22(32)29-19-13-11-18(28)12-14-19/h6-7,9-14,17H,3-5,8,15-16H2,1-2H3,(H,29,32)/b24-23-. The van der Waals surface area contributed by atoms with Gasteiger partial charge in [0, 0.05) is 22.8 Å². The van der Waals surface area contributed by atoms with Crippen LogP contribution in [0.3, 0.4) is 0 Å². The molecule has 2 heterocycles. The van der Waals surface area contributed by atoms with Crippen LogP contribution in [0.1, 0.15) is 45.1 Å². The van der Waals surface area contributed by atoms with Gasteiger partial charge in [-0.05, 0) is 42.7 Å². The fourth-order valence-corrected chi connectivity index (χ4v) is 5.89. The molecule has 0 aliphatic carbocycles. The van der Waals surface area contributed by atoms with E-state index in [1.165, 1.54) is 16.7 Å². The number of hydrogen-bond donors (Lipinski definition) is 1. The van der Waals surface area contributed by atoms with E-state index < -0.39 is 0 Å². The summed E-state index contributed by atoms with van der Waals surface area (Å²) in [5.41, 5.74) is 2.13. The largest absolute Gasteiger partial charge is 0.325 e. The normalized spacial score (nSPS) is 18.1. The van der Waals surface area contributed by atoms with E-state index >= 15 is 0 Å². The number of unbranched alkanes of at least 4 members (excludes halogenated alkanes) is 1. The van der Waals surface area contributed by atoms with Gasteiger partial charge in [0.25, 0.3) is 11.8 Å². The van der Waals surface area contributed by atoms with Crippen molar-refractivity contribution in [1.82, 2.24) is 4.90 Å². The summed E-state index contributed by atoms with van der Waals surface area (Å²) in [6.07, 6.45) is 4.20. The number of thiocarbonyl (C=S) groups is 1. The minimum Gasteiger partial charge on any atom is -0.325 e. The number of benzene rings is 2. The van der Waals surface area contributed by atoms with Crippen LogP contribution in [0, 0.1) is 5.92 Å². The maximum absolute atomic E-state index is 13.6. The zero-order valence-electron chi connectivity index (χ0n) is 20.3. The minimum atomic E-state index is -0.374. The highest BCUT2D eigenvalue weighted by atomic mass is 35.5. The zero-order chi connectivity index (χ0) is 25.8. The second-order valence-corrected chi connectivity index (χ2v) is 10.9. The van der Waals surface area contributed by atoms with Gasteiger partial charge in [-0.1, -0.05) is 86.9 Å². The third kappa shape index (κ3) is 5.51. The lowest BCUT2D eigenvalue weighted by molar-refractivity contribution is -0.123. The lowest BCUT2D eigenvalue weighted by Gasteiger charge is -2.21. The molecule has 188 valence electrons. The average molecular weight is 542 g/mol. The van der Waals surface area contributed by atoms with Crippen LogP contribution < -0.4 is 10.2 Å². The number of hydrogen-bond acceptors (Lipinski definition) is 5. The van der Waals surface area contributed by atoms with Crippen LogP contribution in [-0.2, 0) is 14.4 Å². The summed E-state index contributed by atoms with van der Waals surface area (Å²) in [5.74, 6) is -0.598.